The van der Waals surface area contributed by atoms with Crippen molar-refractivity contribution in [1.82, 2.24) is 19.7 Å². The van der Waals surface area contributed by atoms with Crippen LogP contribution in [0, 0.1) is 11.6 Å². The number of ether oxygens (including phenoxy) is 1. The zero-order valence-electron chi connectivity index (χ0n) is 26.2. The molecule has 4 heterocycles. The minimum absolute atomic E-state index is 0.111. The molecule has 2 unspecified atom stereocenters. The zero-order valence-corrected chi connectivity index (χ0v) is 26.2. The number of hydrogen-bond acceptors (Lipinski definition) is 8. The summed E-state index contributed by atoms with van der Waals surface area (Å²) in [4.78, 5) is 67.2. The van der Waals surface area contributed by atoms with Gasteiger partial charge in [-0.15, -0.1) is 0 Å². The standard InChI is InChI=1S/C34H33F2N5O8/c35-23-14-21-29(40(19-7-8-19)16-22(31(21)43)33(45)46)26(36)30(23)39-12-10-38(11-13-39)15-18-6-9-24-27(32(44)41(24)28(18)34(47)48)37-25(42)17-49-20-4-2-1-3-5-20/h1-5,14,16,19,24,27H,6-13,15,17H2,(H,37,42)(H,45,46)(H,47,48). The maximum Gasteiger partial charge on any atom is 0.352 e. The van der Waals surface area contributed by atoms with Gasteiger partial charge in [-0.25, -0.2) is 18.4 Å². The highest BCUT2D eigenvalue weighted by molar-refractivity contribution is 6.02. The highest BCUT2D eigenvalue weighted by Crippen LogP contribution is 2.40. The van der Waals surface area contributed by atoms with E-state index in [0.717, 1.165) is 12.3 Å². The Morgan fingerprint density at radius 3 is 2.33 bits per heavy atom. The number of fused-ring (bicyclic) bond motifs is 2. The van der Waals surface area contributed by atoms with E-state index < -0.39 is 58.5 Å². The van der Waals surface area contributed by atoms with E-state index in [1.165, 1.54) is 14.4 Å². The van der Waals surface area contributed by atoms with E-state index in [0.29, 0.717) is 50.1 Å². The van der Waals surface area contributed by atoms with Gasteiger partial charge in [-0.3, -0.25) is 24.2 Å². The number of carbonyl (C=O) groups excluding carboxylic acids is 2. The Morgan fingerprint density at radius 1 is 0.959 bits per heavy atom. The summed E-state index contributed by atoms with van der Waals surface area (Å²) in [6, 6.07) is 8.10. The lowest BCUT2D eigenvalue weighted by molar-refractivity contribution is -0.156. The SMILES string of the molecule is O=C(COc1ccccc1)NC1C(=O)N2C(C(=O)O)=C(CN3CCN(c4c(F)cc5c(=O)c(C(=O)O)cn(C6CC6)c5c4F)CC3)CCC12. The number of halogens is 2. The van der Waals surface area contributed by atoms with Crippen LogP contribution in [0.25, 0.3) is 10.9 Å². The molecule has 49 heavy (non-hydrogen) atoms. The highest BCUT2D eigenvalue weighted by Gasteiger charge is 2.53. The molecule has 0 spiro atoms. The van der Waals surface area contributed by atoms with Crippen LogP contribution in [0.2, 0.25) is 0 Å². The van der Waals surface area contributed by atoms with Crippen LogP contribution in [0.5, 0.6) is 5.75 Å². The molecule has 0 radical (unpaired) electrons. The molecule has 256 valence electrons. The van der Waals surface area contributed by atoms with Crippen molar-refractivity contribution in [2.75, 3.05) is 44.2 Å². The van der Waals surface area contributed by atoms with Gasteiger partial charge in [0, 0.05) is 45.0 Å². The number of carboxylic acids is 2. The van der Waals surface area contributed by atoms with Crippen LogP contribution in [0.4, 0.5) is 14.5 Å². The normalized spacial score (nSPS) is 21.0. The van der Waals surface area contributed by atoms with E-state index in [1.807, 2.05) is 11.0 Å². The van der Waals surface area contributed by atoms with Gasteiger partial charge in [-0.1, -0.05) is 18.2 Å². The van der Waals surface area contributed by atoms with E-state index in [1.54, 1.807) is 24.3 Å². The van der Waals surface area contributed by atoms with Crippen LogP contribution in [0.1, 0.15) is 42.1 Å². The molecule has 4 aliphatic rings. The smallest absolute Gasteiger partial charge is 0.352 e. The third kappa shape index (κ3) is 5.87. The number of aromatic carboxylic acids is 1. The van der Waals surface area contributed by atoms with E-state index >= 15 is 8.78 Å². The van der Waals surface area contributed by atoms with Crippen LogP contribution < -0.4 is 20.4 Å². The van der Waals surface area contributed by atoms with Crippen molar-refractivity contribution in [3.05, 3.63) is 81.3 Å². The molecule has 2 atom stereocenters. The molecule has 3 aliphatic heterocycles. The van der Waals surface area contributed by atoms with Crippen LogP contribution in [-0.4, -0.2) is 99.7 Å². The molecule has 0 bridgehead atoms. The maximum atomic E-state index is 16.1. The summed E-state index contributed by atoms with van der Waals surface area (Å²) < 4.78 is 38.4. The van der Waals surface area contributed by atoms with E-state index in [-0.39, 0.29) is 54.6 Å². The number of carboxylic acid groups (broad SMARTS) is 2. The van der Waals surface area contributed by atoms with Crippen LogP contribution in [-0.2, 0) is 14.4 Å². The molecule has 1 aliphatic carbocycles. The molecule has 7 rings (SSSR count). The molecule has 3 fully saturated rings. The zero-order chi connectivity index (χ0) is 34.6. The number of β-lactam (4-membered cyclic amide) rings is 1. The third-order valence-corrected chi connectivity index (χ3v) is 9.63. The fourth-order valence-electron chi connectivity index (χ4n) is 7.09. The van der Waals surface area contributed by atoms with Crippen molar-refractivity contribution >= 4 is 40.3 Å². The first-order valence-electron chi connectivity index (χ1n) is 16.1. The lowest BCUT2D eigenvalue weighted by atomic mass is 9.83. The first kappa shape index (κ1) is 32.2. The first-order chi connectivity index (χ1) is 23.5. The van der Waals surface area contributed by atoms with Gasteiger partial charge >= 0.3 is 11.9 Å². The van der Waals surface area contributed by atoms with Gasteiger partial charge < -0.3 is 29.7 Å². The van der Waals surface area contributed by atoms with Gasteiger partial charge in [-0.05, 0) is 49.5 Å². The number of piperazine rings is 1. The summed E-state index contributed by atoms with van der Waals surface area (Å²) in [6.45, 7) is 0.991. The predicted octanol–water partition coefficient (Wildman–Crippen LogP) is 2.34. The second-order valence-electron chi connectivity index (χ2n) is 12.7. The quantitative estimate of drug-likeness (QED) is 0.272. The molecule has 13 nitrogen and oxygen atoms in total. The number of pyridine rings is 1. The number of carbonyl (C=O) groups is 4. The van der Waals surface area contributed by atoms with Gasteiger partial charge in [0.25, 0.3) is 11.8 Å². The molecule has 3 aromatic rings. The van der Waals surface area contributed by atoms with Gasteiger partial charge in [0.15, 0.2) is 12.4 Å². The van der Waals surface area contributed by atoms with Crippen molar-refractivity contribution in [2.45, 2.75) is 43.8 Å². The van der Waals surface area contributed by atoms with E-state index in [2.05, 4.69) is 5.32 Å². The summed E-state index contributed by atoms with van der Waals surface area (Å²) in [6.07, 6.45) is 3.32. The summed E-state index contributed by atoms with van der Waals surface area (Å²) in [5.41, 5.74) is -1.48. The third-order valence-electron chi connectivity index (χ3n) is 9.63. The average molecular weight is 678 g/mol. The van der Waals surface area contributed by atoms with Crippen molar-refractivity contribution < 1.29 is 42.9 Å². The van der Waals surface area contributed by atoms with Gasteiger partial charge in [0.05, 0.1) is 16.9 Å². The Morgan fingerprint density at radius 2 is 1.67 bits per heavy atom. The van der Waals surface area contributed by atoms with Crippen molar-refractivity contribution in [1.29, 1.82) is 0 Å². The molecular weight excluding hydrogens is 644 g/mol. The minimum atomic E-state index is -1.47. The Balaban J connectivity index is 1.03. The van der Waals surface area contributed by atoms with Crippen molar-refractivity contribution in [3.63, 3.8) is 0 Å². The summed E-state index contributed by atoms with van der Waals surface area (Å²) >= 11 is 0. The predicted molar refractivity (Wildman–Crippen MR) is 170 cm³/mol. The molecule has 2 amide bonds. The lowest BCUT2D eigenvalue weighted by Crippen LogP contribution is -2.72. The Labute approximate surface area is 277 Å². The number of rotatable bonds is 10. The summed E-state index contributed by atoms with van der Waals surface area (Å²) in [7, 11) is 0. The largest absolute Gasteiger partial charge is 0.484 e. The number of aromatic nitrogens is 1. The molecule has 15 heteroatoms. The molecule has 2 saturated heterocycles. The monoisotopic (exact) mass is 677 g/mol. The van der Waals surface area contributed by atoms with Gasteiger partial charge in [-0.2, -0.15) is 0 Å². The second kappa shape index (κ2) is 12.6. The summed E-state index contributed by atoms with van der Waals surface area (Å²) in [5.74, 6) is -5.13. The van der Waals surface area contributed by atoms with E-state index in [9.17, 15) is 34.2 Å². The molecule has 2 aromatic carbocycles. The number of benzene rings is 2. The van der Waals surface area contributed by atoms with Gasteiger partial charge in [0.2, 0.25) is 5.43 Å². The molecular formula is C34H33F2N5O8. The van der Waals surface area contributed by atoms with Crippen LogP contribution in [0.15, 0.2) is 58.7 Å². The number of para-hydroxylation sites is 1. The maximum absolute atomic E-state index is 16.1. The number of nitrogens with one attached hydrogen (secondary N) is 1. The average Bonchev–Trinajstić information content (AvgIpc) is 3.93. The number of amides is 2. The Bertz CT molecular complexity index is 1970. The van der Waals surface area contributed by atoms with Crippen LogP contribution in [0.3, 0.4) is 0 Å². The van der Waals surface area contributed by atoms with Crippen molar-refractivity contribution in [3.8, 4) is 5.75 Å². The molecule has 3 N–H and O–H groups in total. The lowest BCUT2D eigenvalue weighted by Gasteiger charge is -2.50. The number of nitrogens with zero attached hydrogens (tertiary/aromatic N) is 4. The molecule has 1 aromatic heterocycles. The Kier molecular flexibility index (Phi) is 8.30. The number of hydrogen-bond donors (Lipinski definition) is 3. The van der Waals surface area contributed by atoms with Crippen molar-refractivity contribution in [2.24, 2.45) is 0 Å². The van der Waals surface area contributed by atoms with E-state index in [4.69, 9.17) is 4.74 Å². The first-order valence-corrected chi connectivity index (χ1v) is 16.1. The highest BCUT2D eigenvalue weighted by atomic mass is 19.1. The fraction of sp³-hybridized carbons (Fsp3) is 0.382. The fourth-order valence-corrected chi connectivity index (χ4v) is 7.09. The minimum Gasteiger partial charge on any atom is -0.484 e. The molecule has 1 saturated carbocycles. The topological polar surface area (TPSA) is 162 Å². The number of aliphatic carboxylic acids is 1. The van der Waals surface area contributed by atoms with Crippen LogP contribution >= 0.6 is 0 Å². The number of anilines is 1. The summed E-state index contributed by atoms with van der Waals surface area (Å²) in [5, 5.41) is 21.9. The van der Waals surface area contributed by atoms with Gasteiger partial charge in [0.1, 0.15) is 34.6 Å². The second-order valence-corrected chi connectivity index (χ2v) is 12.7. The Hall–Kier alpha value is -5.31.